The van der Waals surface area contributed by atoms with Crippen molar-refractivity contribution < 1.29 is 9.53 Å². The molecule has 1 aromatic rings. The first-order chi connectivity index (χ1) is 15.1. The van der Waals surface area contributed by atoms with E-state index in [1.807, 2.05) is 0 Å². The van der Waals surface area contributed by atoms with Crippen molar-refractivity contribution in [3.63, 3.8) is 0 Å². The summed E-state index contributed by atoms with van der Waals surface area (Å²) in [4.78, 5) is 23.4. The third-order valence-electron chi connectivity index (χ3n) is 6.75. The average molecular weight is 556 g/mol. The van der Waals surface area contributed by atoms with Gasteiger partial charge in [-0.3, -0.25) is 9.69 Å². The smallest absolute Gasteiger partial charge is 0.243 e. The van der Waals surface area contributed by atoms with E-state index >= 15 is 0 Å². The van der Waals surface area contributed by atoms with Gasteiger partial charge in [-0.05, 0) is 18.4 Å². The normalized spacial score (nSPS) is 24.6. The predicted molar refractivity (Wildman–Crippen MR) is 138 cm³/mol. The maximum Gasteiger partial charge on any atom is 0.243 e. The van der Waals surface area contributed by atoms with Crippen LogP contribution in [0.25, 0.3) is 0 Å². The predicted octanol–water partition coefficient (Wildman–Crippen LogP) is 2.56. The van der Waals surface area contributed by atoms with Crippen LogP contribution in [0.15, 0.2) is 35.3 Å². The highest BCUT2D eigenvalue weighted by Crippen LogP contribution is 2.25. The molecular formula is C24H38IN5O2. The number of likely N-dealkylation sites (tertiary alicyclic amines) is 1. The van der Waals surface area contributed by atoms with E-state index in [-0.39, 0.29) is 42.5 Å². The Hall–Kier alpha value is -1.39. The number of rotatable bonds is 5. The van der Waals surface area contributed by atoms with Gasteiger partial charge in [0.05, 0.1) is 18.8 Å². The van der Waals surface area contributed by atoms with Gasteiger partial charge in [0.15, 0.2) is 5.96 Å². The van der Waals surface area contributed by atoms with Gasteiger partial charge in [0, 0.05) is 46.3 Å². The number of hydrogen-bond acceptors (Lipinski definition) is 4. The van der Waals surface area contributed by atoms with Crippen LogP contribution >= 0.6 is 24.0 Å². The fourth-order valence-electron chi connectivity index (χ4n) is 4.90. The zero-order valence-corrected chi connectivity index (χ0v) is 21.7. The Morgan fingerprint density at radius 3 is 2.62 bits per heavy atom. The molecule has 178 valence electrons. The van der Waals surface area contributed by atoms with Gasteiger partial charge >= 0.3 is 0 Å². The lowest BCUT2D eigenvalue weighted by atomic mass is 9.96. The molecule has 1 saturated carbocycles. The summed E-state index contributed by atoms with van der Waals surface area (Å²) >= 11 is 0. The summed E-state index contributed by atoms with van der Waals surface area (Å²) in [6, 6.07) is 11.5. The number of amides is 1. The van der Waals surface area contributed by atoms with Crippen LogP contribution in [0.2, 0.25) is 0 Å². The molecule has 1 N–H and O–H groups in total. The fraction of sp³-hybridized carbons (Fsp3) is 0.667. The molecular weight excluding hydrogens is 517 g/mol. The number of halogens is 1. The van der Waals surface area contributed by atoms with Gasteiger partial charge < -0.3 is 19.9 Å². The van der Waals surface area contributed by atoms with Crippen LogP contribution in [0, 0.1) is 0 Å². The minimum absolute atomic E-state index is 0. The van der Waals surface area contributed by atoms with E-state index in [2.05, 4.69) is 45.4 Å². The molecule has 2 heterocycles. The number of carbonyl (C=O) groups is 1. The summed E-state index contributed by atoms with van der Waals surface area (Å²) in [6.07, 6.45) is 6.39. The van der Waals surface area contributed by atoms with Crippen molar-refractivity contribution in [1.29, 1.82) is 0 Å². The van der Waals surface area contributed by atoms with Crippen molar-refractivity contribution in [2.24, 2.45) is 4.99 Å². The number of hydrogen-bond donors (Lipinski definition) is 1. The number of carbonyl (C=O) groups excluding carboxylic acids is 1. The van der Waals surface area contributed by atoms with E-state index in [0.29, 0.717) is 12.1 Å². The summed E-state index contributed by atoms with van der Waals surface area (Å²) in [5.41, 5.74) is 1.34. The number of aliphatic imine (C=N–C) groups is 1. The van der Waals surface area contributed by atoms with Crippen molar-refractivity contribution in [3.8, 4) is 0 Å². The van der Waals surface area contributed by atoms with E-state index in [0.717, 1.165) is 38.7 Å². The Balaban J connectivity index is 0.00000289. The average Bonchev–Trinajstić information content (AvgIpc) is 3.23. The van der Waals surface area contributed by atoms with Gasteiger partial charge in [-0.2, -0.15) is 0 Å². The first-order valence-corrected chi connectivity index (χ1v) is 11.8. The molecule has 7 nitrogen and oxygen atoms in total. The molecule has 1 aliphatic carbocycles. The second kappa shape index (κ2) is 12.2. The Bertz CT molecular complexity index is 754. The first kappa shape index (κ1) is 25.2. The van der Waals surface area contributed by atoms with Gasteiger partial charge in [-0.25, -0.2) is 4.99 Å². The molecule has 2 saturated heterocycles. The summed E-state index contributed by atoms with van der Waals surface area (Å²) in [5.74, 6) is 0.904. The maximum atomic E-state index is 12.2. The molecule has 0 bridgehead atoms. The molecule has 3 fully saturated rings. The Morgan fingerprint density at radius 2 is 1.91 bits per heavy atom. The minimum Gasteiger partial charge on any atom is -0.373 e. The van der Waals surface area contributed by atoms with Gasteiger partial charge in [0.25, 0.3) is 0 Å². The number of benzene rings is 1. The van der Waals surface area contributed by atoms with Crippen molar-refractivity contribution in [2.75, 3.05) is 46.9 Å². The van der Waals surface area contributed by atoms with E-state index in [4.69, 9.17) is 9.73 Å². The Kier molecular flexibility index (Phi) is 9.61. The number of morpholine rings is 1. The third kappa shape index (κ3) is 6.57. The van der Waals surface area contributed by atoms with E-state index in [1.165, 1.54) is 37.7 Å². The molecule has 2 unspecified atom stereocenters. The van der Waals surface area contributed by atoms with Gasteiger partial charge in [-0.15, -0.1) is 24.0 Å². The summed E-state index contributed by atoms with van der Waals surface area (Å²) < 4.78 is 6.16. The highest BCUT2D eigenvalue weighted by Gasteiger charge is 2.41. The molecule has 1 aromatic carbocycles. The molecule has 0 radical (unpaired) electrons. The van der Waals surface area contributed by atoms with E-state index in [1.54, 1.807) is 19.0 Å². The zero-order chi connectivity index (χ0) is 21.6. The molecule has 2 atom stereocenters. The van der Waals surface area contributed by atoms with Gasteiger partial charge in [0.2, 0.25) is 5.91 Å². The highest BCUT2D eigenvalue weighted by atomic mass is 127. The molecule has 3 aliphatic rings. The lowest BCUT2D eigenvalue weighted by molar-refractivity contribution is -0.127. The number of fused-ring (bicyclic) bond motifs is 1. The van der Waals surface area contributed by atoms with Crippen molar-refractivity contribution in [2.45, 2.75) is 56.8 Å². The topological polar surface area (TPSA) is 60.4 Å². The fourth-order valence-corrected chi connectivity index (χ4v) is 4.90. The van der Waals surface area contributed by atoms with Crippen LogP contribution in [0.1, 0.15) is 37.7 Å². The number of guanidine groups is 1. The van der Waals surface area contributed by atoms with E-state index < -0.39 is 0 Å². The number of nitrogens with one attached hydrogen (secondary N) is 1. The van der Waals surface area contributed by atoms with Crippen LogP contribution in [-0.4, -0.2) is 91.6 Å². The lowest BCUT2D eigenvalue weighted by Crippen LogP contribution is -2.50. The molecule has 4 rings (SSSR count). The third-order valence-corrected chi connectivity index (χ3v) is 6.75. The van der Waals surface area contributed by atoms with Crippen LogP contribution in [0.5, 0.6) is 0 Å². The number of ether oxygens (including phenoxy) is 1. The summed E-state index contributed by atoms with van der Waals surface area (Å²) in [7, 11) is 3.57. The highest BCUT2D eigenvalue weighted by molar-refractivity contribution is 14.0. The summed E-state index contributed by atoms with van der Waals surface area (Å²) in [6.45, 7) is 4.55. The van der Waals surface area contributed by atoms with Crippen LogP contribution in [-0.2, 0) is 16.1 Å². The lowest BCUT2D eigenvalue weighted by Gasteiger charge is -2.36. The van der Waals surface area contributed by atoms with Crippen molar-refractivity contribution in [1.82, 2.24) is 20.0 Å². The van der Waals surface area contributed by atoms with Crippen LogP contribution in [0.3, 0.4) is 0 Å². The summed E-state index contributed by atoms with van der Waals surface area (Å²) in [5, 5.41) is 3.70. The SMILES string of the molecule is CN(C)C(=O)CN=C(NC1CCCCC1)N1CC2OCCN(Cc3ccccc3)C2C1.I. The quantitative estimate of drug-likeness (QED) is 0.344. The largest absolute Gasteiger partial charge is 0.373 e. The first-order valence-electron chi connectivity index (χ1n) is 11.8. The number of nitrogens with zero attached hydrogens (tertiary/aromatic N) is 4. The Labute approximate surface area is 209 Å². The van der Waals surface area contributed by atoms with Crippen molar-refractivity contribution >= 4 is 35.8 Å². The monoisotopic (exact) mass is 555 g/mol. The molecule has 8 heteroatoms. The minimum atomic E-state index is 0. The number of likely N-dealkylation sites (N-methyl/N-ethyl adjacent to an activating group) is 1. The molecule has 1 amide bonds. The standard InChI is InChI=1S/C24H37N5O2.HI/c1-27(2)23(30)15-25-24(26-20-11-7-4-8-12-20)29-17-21-22(18-29)31-14-13-28(21)16-19-9-5-3-6-10-19;/h3,5-6,9-10,20-22H,4,7-8,11-18H2,1-2H3,(H,25,26);1H. The van der Waals surface area contributed by atoms with Gasteiger partial charge in [-0.1, -0.05) is 49.6 Å². The van der Waals surface area contributed by atoms with Crippen LogP contribution < -0.4 is 5.32 Å². The molecule has 2 aliphatic heterocycles. The second-order valence-corrected chi connectivity index (χ2v) is 9.24. The second-order valence-electron chi connectivity index (χ2n) is 9.24. The van der Waals surface area contributed by atoms with Crippen LogP contribution in [0.4, 0.5) is 0 Å². The van der Waals surface area contributed by atoms with Gasteiger partial charge in [0.1, 0.15) is 6.54 Å². The molecule has 0 aromatic heterocycles. The zero-order valence-electron chi connectivity index (χ0n) is 19.4. The Morgan fingerprint density at radius 1 is 1.16 bits per heavy atom. The molecule has 32 heavy (non-hydrogen) atoms. The van der Waals surface area contributed by atoms with Crippen molar-refractivity contribution in [3.05, 3.63) is 35.9 Å². The van der Waals surface area contributed by atoms with E-state index in [9.17, 15) is 4.79 Å². The maximum absolute atomic E-state index is 12.2. The molecule has 0 spiro atoms.